The summed E-state index contributed by atoms with van der Waals surface area (Å²) in [5.41, 5.74) is 0. The fourth-order valence-corrected chi connectivity index (χ4v) is 2.44. The lowest BCUT2D eigenvalue weighted by Crippen LogP contribution is -2.38. The van der Waals surface area contributed by atoms with E-state index in [9.17, 15) is 4.79 Å². The van der Waals surface area contributed by atoms with Gasteiger partial charge in [0.25, 0.3) is 5.91 Å². The van der Waals surface area contributed by atoms with E-state index in [4.69, 9.17) is 4.74 Å². The van der Waals surface area contributed by atoms with Crippen molar-refractivity contribution >= 4 is 29.7 Å². The van der Waals surface area contributed by atoms with Crippen LogP contribution in [0.1, 0.15) is 28.4 Å². The maximum absolute atomic E-state index is 11.9. The molecule has 1 atom stereocenters. The lowest BCUT2D eigenvalue weighted by molar-refractivity contribution is 0.0951. The Morgan fingerprint density at radius 3 is 2.78 bits per heavy atom. The van der Waals surface area contributed by atoms with Gasteiger partial charge in [0, 0.05) is 17.5 Å². The summed E-state index contributed by atoms with van der Waals surface area (Å²) in [7, 11) is 1.58. The first-order chi connectivity index (χ1) is 8.08. The van der Waals surface area contributed by atoms with Crippen LogP contribution in [0.15, 0.2) is 6.07 Å². The van der Waals surface area contributed by atoms with Gasteiger partial charge in [0.15, 0.2) is 0 Å². The number of methoxy groups -OCH3 is 1. The monoisotopic (exact) mass is 292 g/mol. The van der Waals surface area contributed by atoms with E-state index in [1.807, 2.05) is 26.8 Å². The van der Waals surface area contributed by atoms with Gasteiger partial charge in [-0.15, -0.1) is 23.7 Å². The molecule has 0 aromatic carbocycles. The highest BCUT2D eigenvalue weighted by atomic mass is 35.5. The molecule has 4 nitrogen and oxygen atoms in total. The van der Waals surface area contributed by atoms with Crippen LogP contribution in [0.4, 0.5) is 0 Å². The summed E-state index contributed by atoms with van der Waals surface area (Å²) in [4.78, 5) is 13.7. The Morgan fingerprint density at radius 1 is 1.56 bits per heavy atom. The van der Waals surface area contributed by atoms with Crippen LogP contribution in [0.3, 0.4) is 0 Å². The summed E-state index contributed by atoms with van der Waals surface area (Å²) >= 11 is 1.45. The minimum Gasteiger partial charge on any atom is -0.495 e. The molecule has 0 aliphatic rings. The van der Waals surface area contributed by atoms with E-state index in [-0.39, 0.29) is 24.4 Å². The van der Waals surface area contributed by atoms with Crippen LogP contribution in [0, 0.1) is 6.92 Å². The van der Waals surface area contributed by atoms with E-state index in [2.05, 4.69) is 10.6 Å². The molecule has 0 fully saturated rings. The van der Waals surface area contributed by atoms with E-state index < -0.39 is 0 Å². The Labute approximate surface area is 119 Å². The van der Waals surface area contributed by atoms with Crippen molar-refractivity contribution < 1.29 is 9.53 Å². The maximum Gasteiger partial charge on any atom is 0.265 e. The predicted octanol–water partition coefficient (Wildman–Crippen LogP) is 2.21. The molecule has 1 aromatic heterocycles. The first kappa shape index (κ1) is 17.2. The minimum absolute atomic E-state index is 0. The highest BCUT2D eigenvalue weighted by Gasteiger charge is 2.15. The molecule has 1 rings (SSSR count). The van der Waals surface area contributed by atoms with Crippen molar-refractivity contribution in [2.75, 3.05) is 20.2 Å². The zero-order valence-corrected chi connectivity index (χ0v) is 12.8. The van der Waals surface area contributed by atoms with E-state index in [0.717, 1.165) is 11.4 Å². The van der Waals surface area contributed by atoms with Gasteiger partial charge in [-0.1, -0.05) is 6.92 Å². The lowest BCUT2D eigenvalue weighted by Gasteiger charge is -2.13. The van der Waals surface area contributed by atoms with Crippen molar-refractivity contribution in [3.8, 4) is 5.75 Å². The van der Waals surface area contributed by atoms with Gasteiger partial charge in [0.2, 0.25) is 0 Å². The molecule has 1 amide bonds. The van der Waals surface area contributed by atoms with Crippen molar-refractivity contribution in [3.63, 3.8) is 0 Å². The summed E-state index contributed by atoms with van der Waals surface area (Å²) < 4.78 is 5.18. The molecule has 0 saturated carbocycles. The Morgan fingerprint density at radius 2 is 2.22 bits per heavy atom. The molecular weight excluding hydrogens is 272 g/mol. The van der Waals surface area contributed by atoms with Gasteiger partial charge < -0.3 is 15.4 Å². The lowest BCUT2D eigenvalue weighted by atomic mass is 10.3. The molecule has 0 aliphatic heterocycles. The van der Waals surface area contributed by atoms with E-state index in [1.54, 1.807) is 7.11 Å². The second-order valence-corrected chi connectivity index (χ2v) is 5.18. The molecule has 0 unspecified atom stereocenters. The third kappa shape index (κ3) is 4.84. The third-order valence-corrected chi connectivity index (χ3v) is 3.40. The predicted molar refractivity (Wildman–Crippen MR) is 78.3 cm³/mol. The number of aryl methyl sites for hydroxylation is 1. The van der Waals surface area contributed by atoms with Crippen LogP contribution >= 0.6 is 23.7 Å². The average Bonchev–Trinajstić information content (AvgIpc) is 2.68. The summed E-state index contributed by atoms with van der Waals surface area (Å²) in [6.07, 6.45) is 0. The summed E-state index contributed by atoms with van der Waals surface area (Å²) in [5, 5.41) is 6.14. The fourth-order valence-electron chi connectivity index (χ4n) is 1.55. The van der Waals surface area contributed by atoms with Gasteiger partial charge in [-0.2, -0.15) is 0 Å². The molecule has 6 heteroatoms. The third-order valence-electron chi connectivity index (χ3n) is 2.37. The molecule has 0 bridgehead atoms. The number of thiophene rings is 1. The van der Waals surface area contributed by atoms with Crippen LogP contribution in [0.5, 0.6) is 5.75 Å². The zero-order valence-electron chi connectivity index (χ0n) is 11.2. The largest absolute Gasteiger partial charge is 0.495 e. The van der Waals surface area contributed by atoms with E-state index in [0.29, 0.717) is 17.2 Å². The number of ether oxygens (including phenoxy) is 1. The Bertz CT molecular complexity index is 382. The molecule has 104 valence electrons. The zero-order chi connectivity index (χ0) is 12.8. The normalized spacial score (nSPS) is 11.6. The molecule has 0 spiro atoms. The number of hydrogen-bond donors (Lipinski definition) is 2. The van der Waals surface area contributed by atoms with Gasteiger partial charge in [-0.05, 0) is 26.5 Å². The molecule has 18 heavy (non-hydrogen) atoms. The second-order valence-electron chi connectivity index (χ2n) is 3.92. The molecule has 1 heterocycles. The highest BCUT2D eigenvalue weighted by Crippen LogP contribution is 2.28. The van der Waals surface area contributed by atoms with Gasteiger partial charge in [0.1, 0.15) is 10.6 Å². The number of hydrogen-bond acceptors (Lipinski definition) is 4. The molecule has 0 aliphatic carbocycles. The number of carbonyl (C=O) groups excluding carboxylic acids is 1. The van der Waals surface area contributed by atoms with Gasteiger partial charge in [-0.25, -0.2) is 0 Å². The number of nitrogens with one attached hydrogen (secondary N) is 2. The summed E-state index contributed by atoms with van der Waals surface area (Å²) in [6.45, 7) is 7.57. The van der Waals surface area contributed by atoms with Crippen LogP contribution in [0.25, 0.3) is 0 Å². The molecule has 0 saturated heterocycles. The standard InChI is InChI=1S/C12H20N2O2S.ClH/c1-5-13-8(2)7-14-12(15)11-10(16-4)6-9(3)17-11;/h6,8,13H,5,7H2,1-4H3,(H,14,15);1H/t8-;/m1./s1. The number of carbonyl (C=O) groups is 1. The van der Waals surface area contributed by atoms with Gasteiger partial charge in [-0.3, -0.25) is 4.79 Å². The van der Waals surface area contributed by atoms with Crippen molar-refractivity contribution in [2.45, 2.75) is 26.8 Å². The summed E-state index contributed by atoms with van der Waals surface area (Å²) in [5.74, 6) is 0.589. The number of amides is 1. The summed E-state index contributed by atoms with van der Waals surface area (Å²) in [6, 6.07) is 2.16. The van der Waals surface area contributed by atoms with Crippen LogP contribution in [0.2, 0.25) is 0 Å². The molecular formula is C12H21ClN2O2S. The van der Waals surface area contributed by atoms with Crippen LogP contribution in [-0.4, -0.2) is 32.1 Å². The number of halogens is 1. The molecule has 2 N–H and O–H groups in total. The molecule has 0 radical (unpaired) electrons. The maximum atomic E-state index is 11.9. The number of rotatable bonds is 6. The van der Waals surface area contributed by atoms with Crippen molar-refractivity contribution in [1.82, 2.24) is 10.6 Å². The molecule has 1 aromatic rings. The topological polar surface area (TPSA) is 50.4 Å². The van der Waals surface area contributed by atoms with Crippen LogP contribution < -0.4 is 15.4 Å². The SMILES string of the molecule is CCN[C@H](C)CNC(=O)c1sc(C)cc1OC.Cl. The Hall–Kier alpha value is -0.780. The van der Waals surface area contributed by atoms with Crippen LogP contribution in [-0.2, 0) is 0 Å². The fraction of sp³-hybridized carbons (Fsp3) is 0.583. The highest BCUT2D eigenvalue weighted by molar-refractivity contribution is 7.14. The van der Waals surface area contributed by atoms with E-state index >= 15 is 0 Å². The smallest absolute Gasteiger partial charge is 0.265 e. The van der Waals surface area contributed by atoms with Crippen molar-refractivity contribution in [2.24, 2.45) is 0 Å². The van der Waals surface area contributed by atoms with Crippen molar-refractivity contribution in [3.05, 3.63) is 15.8 Å². The Balaban J connectivity index is 0.00000289. The van der Waals surface area contributed by atoms with Gasteiger partial charge >= 0.3 is 0 Å². The minimum atomic E-state index is -0.0651. The first-order valence-electron chi connectivity index (χ1n) is 5.74. The average molecular weight is 293 g/mol. The second kappa shape index (κ2) is 8.34. The van der Waals surface area contributed by atoms with Crippen molar-refractivity contribution in [1.29, 1.82) is 0 Å². The quantitative estimate of drug-likeness (QED) is 0.845. The Kier molecular flexibility index (Phi) is 7.98. The van der Waals surface area contributed by atoms with Gasteiger partial charge in [0.05, 0.1) is 7.11 Å². The van der Waals surface area contributed by atoms with E-state index in [1.165, 1.54) is 11.3 Å². The number of likely N-dealkylation sites (N-methyl/N-ethyl adjacent to an activating group) is 1. The first-order valence-corrected chi connectivity index (χ1v) is 6.56.